The predicted octanol–water partition coefficient (Wildman–Crippen LogP) is 0.191. The molecule has 0 saturated heterocycles. The van der Waals surface area contributed by atoms with Crippen molar-refractivity contribution in [2.75, 3.05) is 7.11 Å². The maximum absolute atomic E-state index is 9.68. The number of rotatable bonds is 1. The zero-order valence-corrected chi connectivity index (χ0v) is 4.74. The minimum absolute atomic E-state index is 1.06. The van der Waals surface area contributed by atoms with Crippen LogP contribution in [0.4, 0.5) is 0 Å². The van der Waals surface area contributed by atoms with Crippen molar-refractivity contribution < 1.29 is 12.9 Å². The first-order valence-electron chi connectivity index (χ1n) is 1.14. The molecular weight excluding hydrogens is 128 g/mol. The lowest BCUT2D eigenvalue weighted by Crippen LogP contribution is -1.99. The quantitative estimate of drug-likeness (QED) is 0.396. The van der Waals surface area contributed by atoms with Crippen LogP contribution in [0.3, 0.4) is 0 Å². The van der Waals surface area contributed by atoms with Gasteiger partial charge in [-0.2, -0.15) is 0 Å². The van der Waals surface area contributed by atoms with Gasteiger partial charge in [0, 0.05) is 10.7 Å². The highest BCUT2D eigenvalue weighted by Crippen LogP contribution is 2.02. The van der Waals surface area contributed by atoms with E-state index in [-0.39, 0.29) is 0 Å². The van der Waals surface area contributed by atoms with E-state index >= 15 is 0 Å². The van der Waals surface area contributed by atoms with E-state index in [9.17, 15) is 4.21 Å². The van der Waals surface area contributed by atoms with Crippen molar-refractivity contribution in [3.05, 3.63) is 0 Å². The highest BCUT2D eigenvalue weighted by Gasteiger charge is 1.94. The summed E-state index contributed by atoms with van der Waals surface area (Å²) in [6.45, 7) is 0. The molecule has 0 spiro atoms. The van der Waals surface area contributed by atoms with E-state index in [1.165, 1.54) is 0 Å². The lowest BCUT2D eigenvalue weighted by Gasteiger charge is -2.01. The number of hydrogen-bond donors (Lipinski definition) is 2. The van der Waals surface area contributed by atoms with Crippen LogP contribution in [-0.2, 0) is 13.9 Å². The van der Waals surface area contributed by atoms with E-state index in [2.05, 4.69) is 14.9 Å². The molecule has 0 unspecified atom stereocenters. The average Bonchev–Trinajstić information content (AvgIpc) is 1.35. The first kappa shape index (κ1) is 6.36. The summed E-state index contributed by atoms with van der Waals surface area (Å²) in [5.41, 5.74) is 0. The molecule has 3 nitrogen and oxygen atoms in total. The smallest absolute Gasteiger partial charge is 0.152 e. The Hall–Kier alpha value is 0.360. The fourth-order valence-corrected chi connectivity index (χ4v) is 0. The molecule has 0 atom stereocenters. The van der Waals surface area contributed by atoms with Gasteiger partial charge < -0.3 is 0 Å². The normalized spacial score (nSPS) is 14.5. The Kier molecular flexibility index (Phi) is 1.99. The van der Waals surface area contributed by atoms with Gasteiger partial charge in [-0.3, -0.25) is 8.74 Å². The van der Waals surface area contributed by atoms with Gasteiger partial charge in [0.25, 0.3) is 0 Å². The average molecular weight is 133 g/mol. The van der Waals surface area contributed by atoms with Crippen LogP contribution in [-0.4, -0.2) is 15.9 Å². The second-order valence-electron chi connectivity index (χ2n) is 0.634. The highest BCUT2D eigenvalue weighted by molar-refractivity contribution is 8.15. The highest BCUT2D eigenvalue weighted by atomic mass is 35.7. The van der Waals surface area contributed by atoms with E-state index in [1.54, 1.807) is 0 Å². The van der Waals surface area contributed by atoms with Gasteiger partial charge in [-0.1, -0.05) is 0 Å². The summed E-state index contributed by atoms with van der Waals surface area (Å²) in [5.74, 6) is 0. The second kappa shape index (κ2) is 1.88. The topological polar surface area (TPSA) is 46.5 Å². The Balaban J connectivity index is 3.48. The SMILES string of the molecule is CO[SH](=O)(O)Cl. The third kappa shape index (κ3) is 4.36. The fourth-order valence-electron chi connectivity index (χ4n) is 0. The number of hydrogen-bond acceptors (Lipinski definition) is 2. The van der Waals surface area contributed by atoms with Crippen LogP contribution >= 0.6 is 10.7 Å². The van der Waals surface area contributed by atoms with Gasteiger partial charge >= 0.3 is 0 Å². The van der Waals surface area contributed by atoms with Crippen LogP contribution in [0.15, 0.2) is 0 Å². The lowest BCUT2D eigenvalue weighted by atomic mass is 11.8. The van der Waals surface area contributed by atoms with Crippen LogP contribution in [0.1, 0.15) is 0 Å². The van der Waals surface area contributed by atoms with E-state index in [4.69, 9.17) is 4.55 Å². The van der Waals surface area contributed by atoms with Gasteiger partial charge in [0.15, 0.2) is 9.71 Å². The molecule has 1 N–H and O–H groups in total. The molecule has 0 saturated carbocycles. The summed E-state index contributed by atoms with van der Waals surface area (Å²) in [6, 6.07) is 0. The Labute approximate surface area is 41.2 Å². The summed E-state index contributed by atoms with van der Waals surface area (Å²) in [6.07, 6.45) is 0. The van der Waals surface area contributed by atoms with Crippen molar-refractivity contribution >= 4 is 20.4 Å². The molecule has 40 valence electrons. The molecule has 0 rings (SSSR count). The standard InChI is InChI=1S/CH5ClO3S/c1-5-6(2,3)4/h6H,1H3,(H,3,4). The maximum atomic E-state index is 9.68. The first-order chi connectivity index (χ1) is 2.56. The Morgan fingerprint density at radius 1 is 2.00 bits per heavy atom. The molecular formula is CH5ClO3S. The van der Waals surface area contributed by atoms with Gasteiger partial charge in [-0.05, 0) is 0 Å². The van der Waals surface area contributed by atoms with E-state index in [1.807, 2.05) is 0 Å². The molecule has 0 radical (unpaired) electrons. The van der Waals surface area contributed by atoms with Crippen LogP contribution in [0, 0.1) is 0 Å². The van der Waals surface area contributed by atoms with Crippen molar-refractivity contribution in [2.24, 2.45) is 0 Å². The molecule has 0 aromatic rings. The predicted molar refractivity (Wildman–Crippen MR) is 25.0 cm³/mol. The first-order valence-corrected chi connectivity index (χ1v) is 3.62. The molecule has 0 fully saturated rings. The largest absolute Gasteiger partial charge is 0.299 e. The molecule has 0 aromatic heterocycles. The van der Waals surface area contributed by atoms with E-state index < -0.39 is 9.71 Å². The zero-order chi connectivity index (χ0) is 5.21. The molecule has 0 aliphatic heterocycles. The molecule has 0 amide bonds. The van der Waals surface area contributed by atoms with E-state index in [0.717, 1.165) is 7.11 Å². The van der Waals surface area contributed by atoms with Gasteiger partial charge in [-0.25, -0.2) is 4.21 Å². The summed E-state index contributed by atoms with van der Waals surface area (Å²) in [7, 11) is 2.00. The molecule has 0 aromatic carbocycles. The van der Waals surface area contributed by atoms with Crippen molar-refractivity contribution in [3.63, 3.8) is 0 Å². The lowest BCUT2D eigenvalue weighted by molar-refractivity contribution is 0.371. The van der Waals surface area contributed by atoms with Crippen molar-refractivity contribution in [1.29, 1.82) is 0 Å². The summed E-state index contributed by atoms with van der Waals surface area (Å²) in [4.78, 5) is 0. The third-order valence-electron chi connectivity index (χ3n) is 0.225. The molecule has 0 aliphatic carbocycles. The molecule has 6 heavy (non-hydrogen) atoms. The van der Waals surface area contributed by atoms with Gasteiger partial charge in [0.05, 0.1) is 7.11 Å². The van der Waals surface area contributed by atoms with Gasteiger partial charge in [0.1, 0.15) is 0 Å². The Bertz CT molecular complexity index is 74.9. The van der Waals surface area contributed by atoms with Crippen molar-refractivity contribution in [2.45, 2.75) is 0 Å². The maximum Gasteiger partial charge on any atom is 0.152 e. The minimum Gasteiger partial charge on any atom is -0.299 e. The molecule has 0 heterocycles. The number of thiol groups is 1. The van der Waals surface area contributed by atoms with Gasteiger partial charge in [0.2, 0.25) is 0 Å². The van der Waals surface area contributed by atoms with Crippen LogP contribution in [0.25, 0.3) is 0 Å². The minimum atomic E-state index is -3.67. The Morgan fingerprint density at radius 3 is 2.17 bits per heavy atom. The van der Waals surface area contributed by atoms with Crippen molar-refractivity contribution in [3.8, 4) is 0 Å². The molecule has 0 aliphatic rings. The summed E-state index contributed by atoms with van der Waals surface area (Å²) < 4.78 is 21.4. The summed E-state index contributed by atoms with van der Waals surface area (Å²) >= 11 is 0. The van der Waals surface area contributed by atoms with Gasteiger partial charge in [-0.15, -0.1) is 0 Å². The van der Waals surface area contributed by atoms with Crippen LogP contribution < -0.4 is 0 Å². The fraction of sp³-hybridized carbons (Fsp3) is 1.00. The summed E-state index contributed by atoms with van der Waals surface area (Å²) in [5, 5.41) is 0. The van der Waals surface area contributed by atoms with E-state index in [0.29, 0.717) is 0 Å². The van der Waals surface area contributed by atoms with Crippen LogP contribution in [0.2, 0.25) is 0 Å². The molecule has 5 heteroatoms. The van der Waals surface area contributed by atoms with Crippen LogP contribution in [0.5, 0.6) is 0 Å². The Morgan fingerprint density at radius 2 is 2.17 bits per heavy atom. The zero-order valence-electron chi connectivity index (χ0n) is 3.09. The monoisotopic (exact) mass is 132 g/mol. The second-order valence-corrected chi connectivity index (χ2v) is 3.18. The third-order valence-corrected chi connectivity index (χ3v) is 1.09. The number of halogens is 1. The molecule has 0 bridgehead atoms. The van der Waals surface area contributed by atoms with Crippen molar-refractivity contribution in [1.82, 2.24) is 0 Å².